The number of carbonyl (C=O) groups is 1. The van der Waals surface area contributed by atoms with E-state index in [4.69, 9.17) is 49.0 Å². The Balaban J connectivity index is 1.62. The number of amides is 1. The third-order valence-corrected chi connectivity index (χ3v) is 4.42. The summed E-state index contributed by atoms with van der Waals surface area (Å²) in [6.45, 7) is 0.840. The summed E-state index contributed by atoms with van der Waals surface area (Å²) < 4.78 is 15.1. The Morgan fingerprint density at radius 1 is 1.14 bits per heavy atom. The van der Waals surface area contributed by atoms with Crippen LogP contribution in [0, 0.1) is 0 Å². The minimum atomic E-state index is -1.64. The van der Waals surface area contributed by atoms with Crippen molar-refractivity contribution in [2.75, 3.05) is 26.3 Å². The number of rotatable bonds is 5. The number of halogens is 3. The molecule has 2 aromatic rings. The maximum Gasteiger partial charge on any atom is 0.410 e. The van der Waals surface area contributed by atoms with Crippen LogP contribution in [-0.4, -0.2) is 47.2 Å². The number of hydrogen-bond acceptors (Lipinski definition) is 4. The summed E-state index contributed by atoms with van der Waals surface area (Å²) in [6.07, 6.45) is 2.99. The smallest absolute Gasteiger partial charge is 0.410 e. The van der Waals surface area contributed by atoms with Crippen molar-refractivity contribution >= 4 is 47.0 Å². The van der Waals surface area contributed by atoms with E-state index < -0.39 is 9.89 Å². The average Bonchev–Trinajstić information content (AvgIpc) is 2.72. The van der Waals surface area contributed by atoms with Crippen LogP contribution in [0.4, 0.5) is 4.79 Å². The molecule has 1 heterocycles. The zero-order valence-electron chi connectivity index (χ0n) is 15.5. The van der Waals surface area contributed by atoms with Gasteiger partial charge in [0.15, 0.2) is 0 Å². The summed E-state index contributed by atoms with van der Waals surface area (Å²) in [5, 5.41) is 0. The fourth-order valence-electron chi connectivity index (χ4n) is 2.73. The van der Waals surface area contributed by atoms with Gasteiger partial charge in [0.25, 0.3) is 0 Å². The maximum atomic E-state index is 12.2. The van der Waals surface area contributed by atoms with E-state index in [1.807, 2.05) is 66.7 Å². The van der Waals surface area contributed by atoms with E-state index in [-0.39, 0.29) is 12.7 Å². The van der Waals surface area contributed by atoms with Gasteiger partial charge in [0.05, 0.1) is 19.3 Å². The first-order valence-corrected chi connectivity index (χ1v) is 10.1. The third-order valence-electron chi connectivity index (χ3n) is 4.09. The van der Waals surface area contributed by atoms with Crippen LogP contribution >= 0.6 is 34.8 Å². The Hall–Kier alpha value is -1.92. The Morgan fingerprint density at radius 3 is 2.62 bits per heavy atom. The van der Waals surface area contributed by atoms with Gasteiger partial charge < -0.3 is 19.1 Å². The van der Waals surface area contributed by atoms with Crippen LogP contribution in [0.25, 0.3) is 6.08 Å². The fourth-order valence-corrected chi connectivity index (χ4v) is 2.89. The molecule has 1 amide bonds. The van der Waals surface area contributed by atoms with Crippen molar-refractivity contribution in [1.29, 1.82) is 0 Å². The zero-order chi connectivity index (χ0) is 20.7. The molecule has 0 bridgehead atoms. The summed E-state index contributed by atoms with van der Waals surface area (Å²) in [7, 11) is 0. The Bertz CT molecular complexity index is 839. The first-order chi connectivity index (χ1) is 13.9. The molecule has 0 N–H and O–H groups in total. The van der Waals surface area contributed by atoms with Gasteiger partial charge in [-0.3, -0.25) is 0 Å². The highest BCUT2D eigenvalue weighted by atomic mass is 35.6. The van der Waals surface area contributed by atoms with Crippen molar-refractivity contribution in [2.24, 2.45) is 0 Å². The standard InChI is InChI=1S/C21H20Cl3NO4/c22-21(23,24)15-28-20(26)25-12-13-27-18(14-25)11-10-16-6-4-5-9-19(16)29-17-7-2-1-3-8-17/h1-11,18H,12-15H2/b11-10+. The van der Waals surface area contributed by atoms with Gasteiger partial charge in [-0.25, -0.2) is 4.79 Å². The van der Waals surface area contributed by atoms with Crippen molar-refractivity contribution in [3.63, 3.8) is 0 Å². The van der Waals surface area contributed by atoms with E-state index >= 15 is 0 Å². The molecule has 1 atom stereocenters. The molecule has 154 valence electrons. The van der Waals surface area contributed by atoms with Gasteiger partial charge in [-0.05, 0) is 18.2 Å². The van der Waals surface area contributed by atoms with Crippen LogP contribution in [0.1, 0.15) is 5.56 Å². The normalized spacial score (nSPS) is 17.3. The quantitative estimate of drug-likeness (QED) is 0.542. The maximum absolute atomic E-state index is 12.2. The van der Waals surface area contributed by atoms with Gasteiger partial charge in [0.2, 0.25) is 3.79 Å². The molecule has 8 heteroatoms. The molecule has 0 radical (unpaired) electrons. The Kier molecular flexibility index (Phi) is 7.67. The number of morpholine rings is 1. The Labute approximate surface area is 184 Å². The second kappa shape index (κ2) is 10.2. The monoisotopic (exact) mass is 455 g/mol. The van der Waals surface area contributed by atoms with Crippen LogP contribution in [0.3, 0.4) is 0 Å². The predicted molar refractivity (Wildman–Crippen MR) is 115 cm³/mol. The molecule has 1 aliphatic heterocycles. The fraction of sp³-hybridized carbons (Fsp3) is 0.286. The second-order valence-corrected chi connectivity index (χ2v) is 8.85. The van der Waals surface area contributed by atoms with E-state index in [9.17, 15) is 4.79 Å². The Morgan fingerprint density at radius 2 is 1.86 bits per heavy atom. The highest BCUT2D eigenvalue weighted by molar-refractivity contribution is 6.67. The topological polar surface area (TPSA) is 48.0 Å². The number of nitrogens with zero attached hydrogens (tertiary/aromatic N) is 1. The molecule has 1 aliphatic rings. The molecule has 29 heavy (non-hydrogen) atoms. The van der Waals surface area contributed by atoms with E-state index in [0.717, 1.165) is 17.1 Å². The van der Waals surface area contributed by atoms with Gasteiger partial charge in [0.1, 0.15) is 18.1 Å². The molecule has 1 saturated heterocycles. The molecule has 1 unspecified atom stereocenters. The minimum Gasteiger partial charge on any atom is -0.457 e. The lowest BCUT2D eigenvalue weighted by Crippen LogP contribution is -2.45. The van der Waals surface area contributed by atoms with Crippen molar-refractivity contribution in [1.82, 2.24) is 4.90 Å². The first-order valence-electron chi connectivity index (χ1n) is 9.01. The number of hydrogen-bond donors (Lipinski definition) is 0. The van der Waals surface area contributed by atoms with Gasteiger partial charge in [-0.15, -0.1) is 0 Å². The van der Waals surface area contributed by atoms with Crippen molar-refractivity contribution in [3.8, 4) is 11.5 Å². The van der Waals surface area contributed by atoms with E-state index in [1.54, 1.807) is 0 Å². The van der Waals surface area contributed by atoms with Crippen LogP contribution in [0.15, 0.2) is 60.7 Å². The number of ether oxygens (including phenoxy) is 3. The average molecular weight is 457 g/mol. The molecular weight excluding hydrogens is 437 g/mol. The van der Waals surface area contributed by atoms with Gasteiger partial charge >= 0.3 is 6.09 Å². The largest absolute Gasteiger partial charge is 0.457 e. The molecule has 0 spiro atoms. The lowest BCUT2D eigenvalue weighted by atomic mass is 10.1. The summed E-state index contributed by atoms with van der Waals surface area (Å²) >= 11 is 16.9. The number of carbonyl (C=O) groups excluding carboxylic acids is 1. The highest BCUT2D eigenvalue weighted by Gasteiger charge is 2.27. The lowest BCUT2D eigenvalue weighted by molar-refractivity contribution is -0.00464. The van der Waals surface area contributed by atoms with E-state index in [0.29, 0.717) is 19.7 Å². The molecule has 0 aromatic heterocycles. The van der Waals surface area contributed by atoms with Gasteiger partial charge in [0, 0.05) is 12.1 Å². The first kappa shape index (κ1) is 21.8. The lowest BCUT2D eigenvalue weighted by Gasteiger charge is -2.31. The predicted octanol–water partition coefficient (Wildman–Crippen LogP) is 5.70. The van der Waals surface area contributed by atoms with Gasteiger partial charge in [-0.1, -0.05) is 83.4 Å². The SMILES string of the molecule is O=C(OCC(Cl)(Cl)Cl)N1CCOC(/C=C/c2ccccc2Oc2ccccc2)C1. The molecule has 2 aromatic carbocycles. The summed E-state index contributed by atoms with van der Waals surface area (Å²) in [5.74, 6) is 1.48. The molecule has 0 saturated carbocycles. The van der Waals surface area contributed by atoms with Crippen molar-refractivity contribution in [2.45, 2.75) is 9.90 Å². The van der Waals surface area contributed by atoms with Crippen LogP contribution in [0.2, 0.25) is 0 Å². The molecular formula is C21H20Cl3NO4. The zero-order valence-corrected chi connectivity index (χ0v) is 17.7. The molecule has 0 aliphatic carbocycles. The minimum absolute atomic E-state index is 0.283. The van der Waals surface area contributed by atoms with E-state index in [1.165, 1.54) is 4.90 Å². The van der Waals surface area contributed by atoms with Crippen LogP contribution in [0.5, 0.6) is 11.5 Å². The molecule has 1 fully saturated rings. The number of alkyl halides is 3. The van der Waals surface area contributed by atoms with Crippen molar-refractivity contribution < 1.29 is 19.0 Å². The third kappa shape index (κ3) is 7.12. The second-order valence-electron chi connectivity index (χ2n) is 6.34. The number of benzene rings is 2. The van der Waals surface area contributed by atoms with Crippen molar-refractivity contribution in [3.05, 3.63) is 66.2 Å². The summed E-state index contributed by atoms with van der Waals surface area (Å²) in [5.41, 5.74) is 0.899. The van der Waals surface area contributed by atoms with Crippen LogP contribution < -0.4 is 4.74 Å². The van der Waals surface area contributed by atoms with Gasteiger partial charge in [-0.2, -0.15) is 0 Å². The molecule has 3 rings (SSSR count). The summed E-state index contributed by atoms with van der Waals surface area (Å²) in [4.78, 5) is 13.7. The van der Waals surface area contributed by atoms with E-state index in [2.05, 4.69) is 0 Å². The van der Waals surface area contributed by atoms with Crippen LogP contribution in [-0.2, 0) is 9.47 Å². The molecule has 5 nitrogen and oxygen atoms in total. The number of para-hydroxylation sites is 2. The highest BCUT2D eigenvalue weighted by Crippen LogP contribution is 2.27. The summed E-state index contributed by atoms with van der Waals surface area (Å²) in [6, 6.07) is 17.2.